The highest BCUT2D eigenvalue weighted by atomic mass is 79.9. The van der Waals surface area contributed by atoms with E-state index in [2.05, 4.69) is 15.9 Å². The van der Waals surface area contributed by atoms with Crippen molar-refractivity contribution >= 4 is 27.6 Å². The zero-order chi connectivity index (χ0) is 14.5. The molecule has 0 radical (unpaired) electrons. The Hall–Kier alpha value is -1.88. The number of halogens is 2. The Labute approximate surface area is 124 Å². The van der Waals surface area contributed by atoms with E-state index in [0.717, 1.165) is 10.2 Å². The first-order chi connectivity index (χ1) is 9.56. The van der Waals surface area contributed by atoms with Gasteiger partial charge in [-0.2, -0.15) is 0 Å². The van der Waals surface area contributed by atoms with Crippen LogP contribution in [0.4, 0.5) is 10.1 Å². The summed E-state index contributed by atoms with van der Waals surface area (Å²) < 4.78 is 14.1. The van der Waals surface area contributed by atoms with Crippen LogP contribution in [0.15, 0.2) is 53.0 Å². The lowest BCUT2D eigenvalue weighted by Gasteiger charge is -2.23. The third kappa shape index (κ3) is 3.81. The number of aliphatic carboxylic acids is 1. The molecule has 0 saturated heterocycles. The molecule has 0 amide bonds. The van der Waals surface area contributed by atoms with Crippen molar-refractivity contribution in [2.24, 2.45) is 0 Å². The summed E-state index contributed by atoms with van der Waals surface area (Å²) in [6.07, 6.45) is 0. The average molecular weight is 338 g/mol. The number of carbonyl (C=O) groups is 1. The highest BCUT2D eigenvalue weighted by Crippen LogP contribution is 2.22. The second-order valence-electron chi connectivity index (χ2n) is 4.32. The molecule has 20 heavy (non-hydrogen) atoms. The fourth-order valence-corrected chi connectivity index (χ4v) is 2.28. The second kappa shape index (κ2) is 6.52. The minimum Gasteiger partial charge on any atom is -0.480 e. The van der Waals surface area contributed by atoms with Crippen molar-refractivity contribution in [3.63, 3.8) is 0 Å². The number of carboxylic acid groups (broad SMARTS) is 1. The molecule has 0 saturated carbocycles. The van der Waals surface area contributed by atoms with Crippen LogP contribution < -0.4 is 4.90 Å². The molecule has 5 heteroatoms. The Morgan fingerprint density at radius 2 is 1.90 bits per heavy atom. The standard InChI is InChI=1S/C15H13BrFNO2/c16-14-7-6-12(17)8-11(14)9-18(10-15(19)20)13-4-2-1-3-5-13/h1-8H,9-10H2,(H,19,20). The summed E-state index contributed by atoms with van der Waals surface area (Å²) in [5.74, 6) is -1.27. The molecule has 0 aliphatic rings. The van der Waals surface area contributed by atoms with Gasteiger partial charge in [-0.05, 0) is 35.9 Å². The molecule has 0 bridgehead atoms. The van der Waals surface area contributed by atoms with Crippen molar-refractivity contribution in [3.05, 3.63) is 64.4 Å². The fraction of sp³-hybridized carbons (Fsp3) is 0.133. The number of hydrogen-bond donors (Lipinski definition) is 1. The molecule has 2 rings (SSSR count). The van der Waals surface area contributed by atoms with Gasteiger partial charge in [-0.25, -0.2) is 4.39 Å². The summed E-state index contributed by atoms with van der Waals surface area (Å²) in [7, 11) is 0. The summed E-state index contributed by atoms with van der Waals surface area (Å²) in [5.41, 5.74) is 1.49. The van der Waals surface area contributed by atoms with Crippen molar-refractivity contribution in [1.29, 1.82) is 0 Å². The lowest BCUT2D eigenvalue weighted by molar-refractivity contribution is -0.135. The van der Waals surface area contributed by atoms with Gasteiger partial charge in [-0.3, -0.25) is 4.79 Å². The zero-order valence-electron chi connectivity index (χ0n) is 10.6. The minimum absolute atomic E-state index is 0.146. The van der Waals surface area contributed by atoms with Gasteiger partial charge in [0.15, 0.2) is 0 Å². The predicted octanol–water partition coefficient (Wildman–Crippen LogP) is 3.68. The van der Waals surface area contributed by atoms with Crippen LogP contribution in [0.3, 0.4) is 0 Å². The number of anilines is 1. The quantitative estimate of drug-likeness (QED) is 0.904. The third-order valence-electron chi connectivity index (χ3n) is 2.82. The molecule has 1 N–H and O–H groups in total. The van der Waals surface area contributed by atoms with Gasteiger partial charge in [0.25, 0.3) is 0 Å². The van der Waals surface area contributed by atoms with E-state index >= 15 is 0 Å². The number of hydrogen-bond acceptors (Lipinski definition) is 2. The Morgan fingerprint density at radius 3 is 2.55 bits per heavy atom. The van der Waals surface area contributed by atoms with E-state index in [4.69, 9.17) is 5.11 Å². The van der Waals surface area contributed by atoms with Crippen molar-refractivity contribution < 1.29 is 14.3 Å². The van der Waals surface area contributed by atoms with Crippen LogP contribution in [-0.4, -0.2) is 17.6 Å². The Morgan fingerprint density at radius 1 is 1.20 bits per heavy atom. The highest BCUT2D eigenvalue weighted by Gasteiger charge is 2.13. The molecule has 104 valence electrons. The third-order valence-corrected chi connectivity index (χ3v) is 3.59. The van der Waals surface area contributed by atoms with Crippen LogP contribution in [-0.2, 0) is 11.3 Å². The Bertz CT molecular complexity index is 604. The molecule has 3 nitrogen and oxygen atoms in total. The van der Waals surface area contributed by atoms with Crippen LogP contribution in [0.5, 0.6) is 0 Å². The first-order valence-electron chi connectivity index (χ1n) is 6.02. The maximum Gasteiger partial charge on any atom is 0.323 e. The van der Waals surface area contributed by atoms with E-state index in [1.807, 2.05) is 30.3 Å². The molecular weight excluding hydrogens is 325 g/mol. The van der Waals surface area contributed by atoms with Crippen molar-refractivity contribution in [1.82, 2.24) is 0 Å². The molecule has 0 heterocycles. The van der Waals surface area contributed by atoms with Gasteiger partial charge in [0.05, 0.1) is 0 Å². The monoisotopic (exact) mass is 337 g/mol. The zero-order valence-corrected chi connectivity index (χ0v) is 12.2. The van der Waals surface area contributed by atoms with E-state index in [0.29, 0.717) is 12.1 Å². The van der Waals surface area contributed by atoms with E-state index in [-0.39, 0.29) is 12.4 Å². The number of rotatable bonds is 5. The van der Waals surface area contributed by atoms with E-state index in [1.165, 1.54) is 12.1 Å². The lowest BCUT2D eigenvalue weighted by Crippen LogP contribution is -2.29. The van der Waals surface area contributed by atoms with Crippen LogP contribution in [0, 0.1) is 5.82 Å². The second-order valence-corrected chi connectivity index (χ2v) is 5.18. The largest absolute Gasteiger partial charge is 0.480 e. The molecule has 2 aromatic carbocycles. The van der Waals surface area contributed by atoms with Gasteiger partial charge in [-0.15, -0.1) is 0 Å². The van der Waals surface area contributed by atoms with E-state index in [9.17, 15) is 9.18 Å². The maximum absolute atomic E-state index is 13.3. The molecule has 0 aliphatic heterocycles. The summed E-state index contributed by atoms with van der Waals surface area (Å²) >= 11 is 3.36. The lowest BCUT2D eigenvalue weighted by atomic mass is 10.2. The summed E-state index contributed by atoms with van der Waals surface area (Å²) in [6.45, 7) is 0.168. The van der Waals surface area contributed by atoms with E-state index < -0.39 is 5.97 Å². The van der Waals surface area contributed by atoms with Crippen molar-refractivity contribution in [2.75, 3.05) is 11.4 Å². The Kier molecular flexibility index (Phi) is 4.74. The number of carboxylic acids is 1. The molecule has 0 unspecified atom stereocenters. The SMILES string of the molecule is O=C(O)CN(Cc1cc(F)ccc1Br)c1ccccc1. The molecular formula is C15H13BrFNO2. The van der Waals surface area contributed by atoms with Gasteiger partial charge in [0.2, 0.25) is 0 Å². The van der Waals surface area contributed by atoms with Gasteiger partial charge >= 0.3 is 5.97 Å². The van der Waals surface area contributed by atoms with Crippen LogP contribution >= 0.6 is 15.9 Å². The molecule has 0 spiro atoms. The minimum atomic E-state index is -0.929. The maximum atomic E-state index is 13.3. The fourth-order valence-electron chi connectivity index (χ4n) is 1.91. The molecule has 2 aromatic rings. The molecule has 0 aliphatic carbocycles. The van der Waals surface area contributed by atoms with Gasteiger partial charge in [0, 0.05) is 16.7 Å². The van der Waals surface area contributed by atoms with E-state index in [1.54, 1.807) is 11.0 Å². The smallest absolute Gasteiger partial charge is 0.323 e. The van der Waals surface area contributed by atoms with Gasteiger partial charge < -0.3 is 10.0 Å². The average Bonchev–Trinajstić information content (AvgIpc) is 2.42. The number of para-hydroxylation sites is 1. The molecule has 0 aromatic heterocycles. The topological polar surface area (TPSA) is 40.5 Å². The van der Waals surface area contributed by atoms with Crippen LogP contribution in [0.2, 0.25) is 0 Å². The molecule has 0 atom stereocenters. The Balaban J connectivity index is 2.28. The number of nitrogens with zero attached hydrogens (tertiary/aromatic N) is 1. The van der Waals surface area contributed by atoms with Crippen molar-refractivity contribution in [2.45, 2.75) is 6.54 Å². The van der Waals surface area contributed by atoms with Crippen LogP contribution in [0.1, 0.15) is 5.56 Å². The van der Waals surface area contributed by atoms with Crippen LogP contribution in [0.25, 0.3) is 0 Å². The predicted molar refractivity (Wildman–Crippen MR) is 79.2 cm³/mol. The first-order valence-corrected chi connectivity index (χ1v) is 6.81. The first kappa shape index (κ1) is 14.5. The van der Waals surface area contributed by atoms with Crippen molar-refractivity contribution in [3.8, 4) is 0 Å². The summed E-state index contributed by atoms with van der Waals surface area (Å²) in [6, 6.07) is 13.6. The summed E-state index contributed by atoms with van der Waals surface area (Å²) in [5, 5.41) is 9.02. The number of benzene rings is 2. The van der Waals surface area contributed by atoms with Gasteiger partial charge in [0.1, 0.15) is 12.4 Å². The summed E-state index contributed by atoms with van der Waals surface area (Å²) in [4.78, 5) is 12.7. The normalized spacial score (nSPS) is 10.3. The highest BCUT2D eigenvalue weighted by molar-refractivity contribution is 9.10. The van der Waals surface area contributed by atoms with Gasteiger partial charge in [-0.1, -0.05) is 34.1 Å². The molecule has 0 fully saturated rings.